The summed E-state index contributed by atoms with van der Waals surface area (Å²) in [5, 5.41) is 2.07. The summed E-state index contributed by atoms with van der Waals surface area (Å²) < 4.78 is 7.52. The quantitative estimate of drug-likeness (QED) is 0.681. The van der Waals surface area contributed by atoms with E-state index in [0.717, 1.165) is 57.3 Å². The molecule has 0 spiro atoms. The fraction of sp³-hybridized carbons (Fsp3) is 0.368. The number of morpholine rings is 1. The van der Waals surface area contributed by atoms with E-state index >= 15 is 0 Å². The molecule has 5 nitrogen and oxygen atoms in total. The van der Waals surface area contributed by atoms with E-state index in [1.807, 2.05) is 12.3 Å². The van der Waals surface area contributed by atoms with E-state index in [1.165, 1.54) is 10.6 Å². The van der Waals surface area contributed by atoms with Crippen molar-refractivity contribution in [1.82, 2.24) is 19.4 Å². The normalized spacial score (nSPS) is 15.5. The second kappa shape index (κ2) is 7.91. The molecule has 6 heteroatoms. The van der Waals surface area contributed by atoms with E-state index in [9.17, 15) is 0 Å². The predicted molar refractivity (Wildman–Crippen MR) is 100 cm³/mol. The van der Waals surface area contributed by atoms with Gasteiger partial charge in [0, 0.05) is 31.2 Å². The van der Waals surface area contributed by atoms with Crippen LogP contribution in [0, 0.1) is 0 Å². The zero-order valence-electron chi connectivity index (χ0n) is 14.2. The van der Waals surface area contributed by atoms with Gasteiger partial charge in [0.15, 0.2) is 0 Å². The molecule has 3 aromatic heterocycles. The number of hydrogen-bond acceptors (Lipinski definition) is 5. The molecule has 0 atom stereocenters. The number of aromatic nitrogens is 3. The first-order valence-corrected chi connectivity index (χ1v) is 9.62. The number of thiophene rings is 1. The van der Waals surface area contributed by atoms with Gasteiger partial charge in [0.05, 0.1) is 23.8 Å². The smallest absolute Gasteiger partial charge is 0.234 e. The molecule has 1 aliphatic rings. The Morgan fingerprint density at radius 2 is 2.04 bits per heavy atom. The maximum absolute atomic E-state index is 5.41. The van der Waals surface area contributed by atoms with Gasteiger partial charge in [-0.1, -0.05) is 6.07 Å². The van der Waals surface area contributed by atoms with E-state index < -0.39 is 0 Å². The maximum atomic E-state index is 5.41. The predicted octanol–water partition coefficient (Wildman–Crippen LogP) is 3.26. The summed E-state index contributed by atoms with van der Waals surface area (Å²) in [4.78, 5) is 12.9. The van der Waals surface area contributed by atoms with Gasteiger partial charge in [0.25, 0.3) is 0 Å². The molecule has 4 heterocycles. The van der Waals surface area contributed by atoms with E-state index in [2.05, 4.69) is 50.3 Å². The summed E-state index contributed by atoms with van der Waals surface area (Å²) in [6, 6.07) is 10.4. The third-order valence-corrected chi connectivity index (χ3v) is 5.37. The van der Waals surface area contributed by atoms with E-state index in [4.69, 9.17) is 9.72 Å². The molecule has 130 valence electrons. The monoisotopic (exact) mass is 354 g/mol. The van der Waals surface area contributed by atoms with Gasteiger partial charge in [0.1, 0.15) is 0 Å². The van der Waals surface area contributed by atoms with Crippen molar-refractivity contribution < 1.29 is 4.74 Å². The molecule has 1 fully saturated rings. The van der Waals surface area contributed by atoms with Gasteiger partial charge in [-0.25, -0.2) is 9.97 Å². The molecule has 0 radical (unpaired) electrons. The van der Waals surface area contributed by atoms with Crippen LogP contribution in [0.1, 0.15) is 12.1 Å². The Hall–Kier alpha value is -2.02. The lowest BCUT2D eigenvalue weighted by Crippen LogP contribution is -2.37. The number of hydrogen-bond donors (Lipinski definition) is 0. The zero-order chi connectivity index (χ0) is 16.9. The Labute approximate surface area is 151 Å². The highest BCUT2D eigenvalue weighted by atomic mass is 32.1. The first-order valence-electron chi connectivity index (χ1n) is 8.74. The zero-order valence-corrected chi connectivity index (χ0v) is 15.0. The first kappa shape index (κ1) is 16.4. The highest BCUT2D eigenvalue weighted by molar-refractivity contribution is 7.13. The highest BCUT2D eigenvalue weighted by Crippen LogP contribution is 2.23. The average molecular weight is 354 g/mol. The van der Waals surface area contributed by atoms with Gasteiger partial charge in [0.2, 0.25) is 5.95 Å². The molecule has 0 amide bonds. The fourth-order valence-electron chi connectivity index (χ4n) is 3.15. The van der Waals surface area contributed by atoms with E-state index in [1.54, 1.807) is 11.3 Å². The van der Waals surface area contributed by atoms with Gasteiger partial charge >= 0.3 is 0 Å². The summed E-state index contributed by atoms with van der Waals surface area (Å²) in [5.41, 5.74) is 2.24. The van der Waals surface area contributed by atoms with Gasteiger partial charge in [-0.15, -0.1) is 11.3 Å². The molecule has 25 heavy (non-hydrogen) atoms. The van der Waals surface area contributed by atoms with Crippen LogP contribution in [-0.4, -0.2) is 52.3 Å². The Bertz CT molecular complexity index is 793. The van der Waals surface area contributed by atoms with Crippen LogP contribution in [-0.2, 0) is 11.2 Å². The summed E-state index contributed by atoms with van der Waals surface area (Å²) >= 11 is 1.70. The van der Waals surface area contributed by atoms with Crippen molar-refractivity contribution in [1.29, 1.82) is 0 Å². The second-order valence-corrected chi connectivity index (χ2v) is 7.09. The van der Waals surface area contributed by atoms with E-state index in [-0.39, 0.29) is 0 Å². The number of rotatable bonds is 6. The van der Waals surface area contributed by atoms with Gasteiger partial charge in [-0.3, -0.25) is 9.47 Å². The topological polar surface area (TPSA) is 43.2 Å². The van der Waals surface area contributed by atoms with Crippen LogP contribution in [0.2, 0.25) is 0 Å². The standard InChI is InChI=1S/C19H22N4OS/c1(9-22-11-13-24-14-12-22)4-16-5-2-10-23(16)19-20-8-7-17(21-19)18-6-3-15-25-18/h2-3,5-8,10,15H,1,4,9,11-14H2. The maximum Gasteiger partial charge on any atom is 0.234 e. The number of ether oxygens (including phenoxy) is 1. The highest BCUT2D eigenvalue weighted by Gasteiger charge is 2.11. The minimum atomic E-state index is 0.747. The molecule has 0 bridgehead atoms. The third kappa shape index (κ3) is 3.98. The molecule has 0 aliphatic carbocycles. The Morgan fingerprint density at radius 1 is 1.12 bits per heavy atom. The van der Waals surface area contributed by atoms with Gasteiger partial charge in [-0.2, -0.15) is 0 Å². The molecule has 4 rings (SSSR count). The first-order chi connectivity index (χ1) is 12.4. The number of nitrogens with zero attached hydrogens (tertiary/aromatic N) is 4. The minimum Gasteiger partial charge on any atom is -0.379 e. The van der Waals surface area contributed by atoms with Crippen molar-refractivity contribution in [3.63, 3.8) is 0 Å². The summed E-state index contributed by atoms with van der Waals surface area (Å²) in [7, 11) is 0. The molecular weight excluding hydrogens is 332 g/mol. The van der Waals surface area contributed by atoms with Crippen LogP contribution in [0.5, 0.6) is 0 Å². The second-order valence-electron chi connectivity index (χ2n) is 6.15. The largest absolute Gasteiger partial charge is 0.379 e. The molecule has 0 N–H and O–H groups in total. The van der Waals surface area contributed by atoms with Crippen molar-refractivity contribution >= 4 is 11.3 Å². The van der Waals surface area contributed by atoms with Crippen LogP contribution in [0.3, 0.4) is 0 Å². The lowest BCUT2D eigenvalue weighted by Gasteiger charge is -2.26. The van der Waals surface area contributed by atoms with Crippen LogP contribution in [0.4, 0.5) is 0 Å². The van der Waals surface area contributed by atoms with Crippen molar-refractivity contribution in [2.24, 2.45) is 0 Å². The summed E-state index contributed by atoms with van der Waals surface area (Å²) in [6.45, 7) is 4.93. The molecule has 1 aliphatic heterocycles. The summed E-state index contributed by atoms with van der Waals surface area (Å²) in [5.74, 6) is 0.747. The molecular formula is C19H22N4OS. The van der Waals surface area contributed by atoms with Crippen LogP contribution >= 0.6 is 11.3 Å². The lowest BCUT2D eigenvalue weighted by molar-refractivity contribution is 0.0374. The number of aryl methyl sites for hydroxylation is 1. The molecule has 0 unspecified atom stereocenters. The van der Waals surface area contributed by atoms with Crippen LogP contribution < -0.4 is 0 Å². The fourth-order valence-corrected chi connectivity index (χ4v) is 3.84. The molecule has 0 aromatic carbocycles. The van der Waals surface area contributed by atoms with Gasteiger partial charge in [-0.05, 0) is 49.0 Å². The molecule has 0 saturated carbocycles. The lowest BCUT2D eigenvalue weighted by atomic mass is 10.2. The minimum absolute atomic E-state index is 0.747. The van der Waals surface area contributed by atoms with Crippen LogP contribution in [0.15, 0.2) is 48.1 Å². The molecule has 3 aromatic rings. The molecule has 1 saturated heterocycles. The van der Waals surface area contributed by atoms with E-state index in [0.29, 0.717) is 0 Å². The average Bonchev–Trinajstić information content (AvgIpc) is 3.35. The Kier molecular flexibility index (Phi) is 5.20. The van der Waals surface area contributed by atoms with Crippen molar-refractivity contribution in [3.8, 4) is 16.5 Å². The van der Waals surface area contributed by atoms with Crippen molar-refractivity contribution in [3.05, 3.63) is 53.8 Å². The Morgan fingerprint density at radius 3 is 2.88 bits per heavy atom. The van der Waals surface area contributed by atoms with Gasteiger partial charge < -0.3 is 4.74 Å². The summed E-state index contributed by atoms with van der Waals surface area (Å²) in [6.07, 6.45) is 6.05. The SMILES string of the molecule is c1csc(-c2ccnc(-n3cccc3CCCN3CCOCC3)n2)c1. The third-order valence-electron chi connectivity index (χ3n) is 4.48. The van der Waals surface area contributed by atoms with Crippen LogP contribution in [0.25, 0.3) is 16.5 Å². The van der Waals surface area contributed by atoms with Crippen molar-refractivity contribution in [2.45, 2.75) is 12.8 Å². The Balaban J connectivity index is 1.45. The van der Waals surface area contributed by atoms with Crippen molar-refractivity contribution in [2.75, 3.05) is 32.8 Å².